The second-order valence-electron chi connectivity index (χ2n) is 5.55. The van der Waals surface area contributed by atoms with Crippen molar-refractivity contribution in [2.75, 3.05) is 13.2 Å². The van der Waals surface area contributed by atoms with Gasteiger partial charge in [0, 0.05) is 11.9 Å². The van der Waals surface area contributed by atoms with Gasteiger partial charge in [0.05, 0.1) is 25.6 Å². The molecule has 4 N–H and O–H groups in total. The van der Waals surface area contributed by atoms with Crippen molar-refractivity contribution in [2.24, 2.45) is 5.73 Å². The van der Waals surface area contributed by atoms with E-state index in [2.05, 4.69) is 15.6 Å². The Morgan fingerprint density at radius 1 is 1.26 bits per heavy atom. The predicted molar refractivity (Wildman–Crippen MR) is 101 cm³/mol. The number of hydrogen-bond donors (Lipinski definition) is 3. The number of carbonyl (C=O) groups is 3. The highest BCUT2D eigenvalue weighted by Gasteiger charge is 2.20. The first-order chi connectivity index (χ1) is 13.0. The molecule has 0 aliphatic heterocycles. The van der Waals surface area contributed by atoms with Gasteiger partial charge >= 0.3 is 5.97 Å². The van der Waals surface area contributed by atoms with E-state index in [1.807, 2.05) is 30.3 Å². The maximum atomic E-state index is 12.2. The van der Waals surface area contributed by atoms with Gasteiger partial charge in [-0.15, -0.1) is 11.3 Å². The summed E-state index contributed by atoms with van der Waals surface area (Å²) in [6.07, 6.45) is 0.00346. The molecule has 8 nitrogen and oxygen atoms in total. The van der Waals surface area contributed by atoms with Crippen molar-refractivity contribution in [2.45, 2.75) is 25.9 Å². The molecule has 0 saturated heterocycles. The fourth-order valence-corrected chi connectivity index (χ4v) is 2.98. The highest BCUT2D eigenvalue weighted by molar-refractivity contribution is 7.09. The smallest absolute Gasteiger partial charge is 0.308 e. The Labute approximate surface area is 161 Å². The number of nitrogens with two attached hydrogens (primary N) is 1. The van der Waals surface area contributed by atoms with Gasteiger partial charge in [0.2, 0.25) is 5.91 Å². The molecule has 144 valence electrons. The van der Waals surface area contributed by atoms with Crippen LogP contribution in [-0.4, -0.2) is 35.9 Å². The summed E-state index contributed by atoms with van der Waals surface area (Å²) in [5.74, 6) is -1.29. The van der Waals surface area contributed by atoms with Crippen LogP contribution in [0, 0.1) is 0 Å². The lowest BCUT2D eigenvalue weighted by molar-refractivity contribution is -0.143. The molecule has 2 amide bonds. The average Bonchev–Trinajstić information content (AvgIpc) is 3.16. The van der Waals surface area contributed by atoms with E-state index < -0.39 is 23.8 Å². The van der Waals surface area contributed by atoms with Gasteiger partial charge in [0.1, 0.15) is 10.7 Å². The van der Waals surface area contributed by atoms with Crippen molar-refractivity contribution in [3.63, 3.8) is 0 Å². The summed E-state index contributed by atoms with van der Waals surface area (Å²) in [4.78, 5) is 40.2. The summed E-state index contributed by atoms with van der Waals surface area (Å²) >= 11 is 1.28. The normalized spacial score (nSPS) is 11.5. The monoisotopic (exact) mass is 390 g/mol. The first-order valence-corrected chi connectivity index (χ1v) is 9.34. The van der Waals surface area contributed by atoms with Crippen molar-refractivity contribution < 1.29 is 19.1 Å². The second-order valence-corrected chi connectivity index (χ2v) is 6.50. The van der Waals surface area contributed by atoms with Crippen LogP contribution < -0.4 is 16.4 Å². The van der Waals surface area contributed by atoms with Crippen molar-refractivity contribution in [3.8, 4) is 0 Å². The van der Waals surface area contributed by atoms with E-state index in [9.17, 15) is 14.4 Å². The molecule has 0 radical (unpaired) electrons. The number of esters is 1. The topological polar surface area (TPSA) is 123 Å². The fraction of sp³-hybridized carbons (Fsp3) is 0.333. The molecule has 9 heteroatoms. The molecule has 0 aliphatic rings. The quantitative estimate of drug-likeness (QED) is 0.552. The Kier molecular flexibility index (Phi) is 7.90. The number of hydrogen-bond acceptors (Lipinski definition) is 7. The van der Waals surface area contributed by atoms with Crippen LogP contribution >= 0.6 is 11.3 Å². The maximum Gasteiger partial charge on any atom is 0.308 e. The SMILES string of the molecule is CCOC(=O)CC(NC(=O)CNC(=O)c1csc(CN)n1)c1ccccc1. The lowest BCUT2D eigenvalue weighted by atomic mass is 10.0. The summed E-state index contributed by atoms with van der Waals surface area (Å²) < 4.78 is 4.97. The molecule has 1 unspecified atom stereocenters. The third-order valence-electron chi connectivity index (χ3n) is 3.58. The van der Waals surface area contributed by atoms with Gasteiger partial charge in [-0.25, -0.2) is 4.98 Å². The summed E-state index contributed by atoms with van der Waals surface area (Å²) in [5, 5.41) is 7.49. The van der Waals surface area contributed by atoms with Crippen molar-refractivity contribution in [3.05, 3.63) is 52.0 Å². The minimum atomic E-state index is -0.544. The first kappa shape index (κ1) is 20.5. The van der Waals surface area contributed by atoms with Gasteiger partial charge in [-0.1, -0.05) is 30.3 Å². The third kappa shape index (κ3) is 6.46. The number of thiazole rings is 1. The standard InChI is InChI=1S/C18H22N4O4S/c1-2-26-17(24)8-13(12-6-4-3-5-7-12)21-15(23)10-20-18(25)14-11-27-16(9-19)22-14/h3-7,11,13H,2,8-10,19H2,1H3,(H,20,25)(H,21,23). The second kappa shape index (κ2) is 10.4. The Hall–Kier alpha value is -2.78. The van der Waals surface area contributed by atoms with Crippen LogP contribution in [0.25, 0.3) is 0 Å². The fourth-order valence-electron chi connectivity index (χ4n) is 2.33. The zero-order chi connectivity index (χ0) is 19.6. The Bertz CT molecular complexity index is 779. The lowest BCUT2D eigenvalue weighted by Crippen LogP contribution is -2.39. The van der Waals surface area contributed by atoms with Gasteiger partial charge in [-0.3, -0.25) is 14.4 Å². The molecule has 1 aromatic heterocycles. The minimum absolute atomic E-state index is 0.00346. The number of benzene rings is 1. The van der Waals surface area contributed by atoms with Gasteiger partial charge in [0.25, 0.3) is 5.91 Å². The number of rotatable bonds is 9. The molecule has 27 heavy (non-hydrogen) atoms. The van der Waals surface area contributed by atoms with Gasteiger partial charge in [-0.2, -0.15) is 0 Å². The number of nitrogens with zero attached hydrogens (tertiary/aromatic N) is 1. The van der Waals surface area contributed by atoms with E-state index in [1.54, 1.807) is 12.3 Å². The first-order valence-electron chi connectivity index (χ1n) is 8.46. The molecule has 0 spiro atoms. The van der Waals surface area contributed by atoms with Crippen LogP contribution in [0.4, 0.5) is 0 Å². The highest BCUT2D eigenvalue weighted by Crippen LogP contribution is 2.17. The van der Waals surface area contributed by atoms with Crippen LogP contribution in [-0.2, 0) is 20.9 Å². The van der Waals surface area contributed by atoms with Crippen molar-refractivity contribution in [1.29, 1.82) is 0 Å². The van der Waals surface area contributed by atoms with Crippen LogP contribution in [0.3, 0.4) is 0 Å². The molecule has 0 saturated carbocycles. The molecular weight excluding hydrogens is 368 g/mol. The Morgan fingerprint density at radius 3 is 2.63 bits per heavy atom. The van der Waals surface area contributed by atoms with Gasteiger partial charge in [-0.05, 0) is 12.5 Å². The molecule has 1 aromatic carbocycles. The molecule has 2 aromatic rings. The van der Waals surface area contributed by atoms with E-state index in [0.717, 1.165) is 5.56 Å². The zero-order valence-electron chi connectivity index (χ0n) is 14.9. The summed E-state index contributed by atoms with van der Waals surface area (Å²) in [5.41, 5.74) is 6.47. The van der Waals surface area contributed by atoms with Crippen molar-refractivity contribution >= 4 is 29.1 Å². The molecule has 0 bridgehead atoms. The van der Waals surface area contributed by atoms with E-state index in [-0.39, 0.29) is 31.8 Å². The highest BCUT2D eigenvalue weighted by atomic mass is 32.1. The molecule has 0 aliphatic carbocycles. The van der Waals surface area contributed by atoms with E-state index in [0.29, 0.717) is 5.01 Å². The molecule has 0 fully saturated rings. The van der Waals surface area contributed by atoms with E-state index in [1.165, 1.54) is 11.3 Å². The number of amides is 2. The number of aromatic nitrogens is 1. The minimum Gasteiger partial charge on any atom is -0.466 e. The average molecular weight is 390 g/mol. The van der Waals surface area contributed by atoms with Gasteiger partial charge in [0.15, 0.2) is 0 Å². The van der Waals surface area contributed by atoms with E-state index in [4.69, 9.17) is 10.5 Å². The van der Waals surface area contributed by atoms with Crippen LogP contribution in [0.2, 0.25) is 0 Å². The summed E-state index contributed by atoms with van der Waals surface area (Å²) in [6.45, 7) is 2.01. The third-order valence-corrected chi connectivity index (χ3v) is 4.45. The van der Waals surface area contributed by atoms with Crippen molar-refractivity contribution in [1.82, 2.24) is 15.6 Å². The Morgan fingerprint density at radius 2 is 2.00 bits per heavy atom. The lowest BCUT2D eigenvalue weighted by Gasteiger charge is -2.18. The Balaban J connectivity index is 1.94. The number of ether oxygens (including phenoxy) is 1. The maximum absolute atomic E-state index is 12.2. The predicted octanol–water partition coefficient (Wildman–Crippen LogP) is 1.14. The molecule has 1 heterocycles. The largest absolute Gasteiger partial charge is 0.466 e. The van der Waals surface area contributed by atoms with Gasteiger partial charge < -0.3 is 21.1 Å². The van der Waals surface area contributed by atoms with Crippen LogP contribution in [0.15, 0.2) is 35.7 Å². The summed E-state index contributed by atoms with van der Waals surface area (Å²) in [7, 11) is 0. The molecular formula is C18H22N4O4S. The van der Waals surface area contributed by atoms with Crippen LogP contribution in [0.5, 0.6) is 0 Å². The number of nitrogens with one attached hydrogen (secondary N) is 2. The molecule has 1 atom stereocenters. The van der Waals surface area contributed by atoms with Crippen LogP contribution in [0.1, 0.15) is 40.4 Å². The summed E-state index contributed by atoms with van der Waals surface area (Å²) in [6, 6.07) is 8.56. The number of carbonyl (C=O) groups excluding carboxylic acids is 3. The molecule has 2 rings (SSSR count). The van der Waals surface area contributed by atoms with E-state index >= 15 is 0 Å². The zero-order valence-corrected chi connectivity index (χ0v) is 15.8.